The first-order chi connectivity index (χ1) is 6.72. The molecule has 2 nitrogen and oxygen atoms in total. The molecule has 0 bridgehead atoms. The number of rotatable bonds is 4. The molecule has 14 heavy (non-hydrogen) atoms. The van der Waals surface area contributed by atoms with Crippen molar-refractivity contribution < 1.29 is 9.47 Å². The summed E-state index contributed by atoms with van der Waals surface area (Å²) < 4.78 is 10.4. The third-order valence-corrected chi connectivity index (χ3v) is 2.67. The zero-order valence-corrected chi connectivity index (χ0v) is 9.47. The van der Waals surface area contributed by atoms with E-state index in [1.54, 1.807) is 14.2 Å². The van der Waals surface area contributed by atoms with Gasteiger partial charge in [-0.25, -0.2) is 0 Å². The molecule has 1 rings (SSSR count). The highest BCUT2D eigenvalue weighted by atomic mass is 35.5. The van der Waals surface area contributed by atoms with Crippen molar-refractivity contribution in [3.63, 3.8) is 0 Å². The van der Waals surface area contributed by atoms with Crippen LogP contribution in [0.1, 0.15) is 18.4 Å². The van der Waals surface area contributed by atoms with Gasteiger partial charge in [0, 0.05) is 11.9 Å². The Kier molecular flexibility index (Phi) is 4.08. The fourth-order valence-electron chi connectivity index (χ4n) is 1.31. The summed E-state index contributed by atoms with van der Waals surface area (Å²) in [6.07, 6.45) is 0. The lowest BCUT2D eigenvalue weighted by Crippen LogP contribution is -1.99. The van der Waals surface area contributed by atoms with Crippen LogP contribution in [0.25, 0.3) is 0 Å². The molecule has 0 heterocycles. The first-order valence-electron chi connectivity index (χ1n) is 4.50. The summed E-state index contributed by atoms with van der Waals surface area (Å²) in [6.45, 7) is 2.07. The van der Waals surface area contributed by atoms with E-state index in [9.17, 15) is 0 Å². The van der Waals surface area contributed by atoms with Crippen LogP contribution < -0.4 is 9.47 Å². The van der Waals surface area contributed by atoms with Gasteiger partial charge in [0.05, 0.1) is 14.2 Å². The lowest BCUT2D eigenvalue weighted by atomic mass is 10.0. The Hall–Kier alpha value is -0.890. The van der Waals surface area contributed by atoms with Crippen molar-refractivity contribution in [1.29, 1.82) is 0 Å². The highest BCUT2D eigenvalue weighted by Gasteiger charge is 2.10. The lowest BCUT2D eigenvalue weighted by molar-refractivity contribution is 0.390. The van der Waals surface area contributed by atoms with Gasteiger partial charge in [-0.3, -0.25) is 0 Å². The van der Waals surface area contributed by atoms with Gasteiger partial charge in [-0.1, -0.05) is 13.0 Å². The monoisotopic (exact) mass is 214 g/mol. The average molecular weight is 215 g/mol. The number of halogens is 1. The van der Waals surface area contributed by atoms with Crippen molar-refractivity contribution in [2.45, 2.75) is 12.8 Å². The molecule has 1 atom stereocenters. The first kappa shape index (κ1) is 11.2. The standard InChI is InChI=1S/C11H15ClO2/c1-8(7-12)10-5-4-9(13-2)6-11(10)14-3/h4-6,8H,7H2,1-3H3. The molecule has 78 valence electrons. The molecule has 0 aliphatic carbocycles. The van der Waals surface area contributed by atoms with Crippen LogP contribution in [0.2, 0.25) is 0 Å². The minimum atomic E-state index is 0.289. The minimum absolute atomic E-state index is 0.289. The summed E-state index contributed by atoms with van der Waals surface area (Å²) in [5, 5.41) is 0. The Morgan fingerprint density at radius 1 is 1.29 bits per heavy atom. The van der Waals surface area contributed by atoms with E-state index in [2.05, 4.69) is 6.92 Å². The molecule has 3 heteroatoms. The molecule has 0 saturated carbocycles. The fourth-order valence-corrected chi connectivity index (χ4v) is 1.47. The fraction of sp³-hybridized carbons (Fsp3) is 0.455. The highest BCUT2D eigenvalue weighted by Crippen LogP contribution is 2.30. The largest absolute Gasteiger partial charge is 0.497 e. The van der Waals surface area contributed by atoms with Gasteiger partial charge < -0.3 is 9.47 Å². The quantitative estimate of drug-likeness (QED) is 0.718. The molecular formula is C11H15ClO2. The Balaban J connectivity index is 3.04. The maximum Gasteiger partial charge on any atom is 0.126 e. The van der Waals surface area contributed by atoms with Crippen LogP contribution in [0.4, 0.5) is 0 Å². The summed E-state index contributed by atoms with van der Waals surface area (Å²) in [6, 6.07) is 5.78. The maximum absolute atomic E-state index is 5.80. The molecule has 0 aliphatic heterocycles. The van der Waals surface area contributed by atoms with Gasteiger partial charge in [0.25, 0.3) is 0 Å². The average Bonchev–Trinajstić information content (AvgIpc) is 2.27. The van der Waals surface area contributed by atoms with Crippen molar-refractivity contribution in [2.24, 2.45) is 0 Å². The van der Waals surface area contributed by atoms with Crippen molar-refractivity contribution in [2.75, 3.05) is 20.1 Å². The van der Waals surface area contributed by atoms with Crippen molar-refractivity contribution in [3.05, 3.63) is 23.8 Å². The van der Waals surface area contributed by atoms with E-state index < -0.39 is 0 Å². The van der Waals surface area contributed by atoms with E-state index in [1.165, 1.54) is 0 Å². The van der Waals surface area contributed by atoms with Gasteiger partial charge >= 0.3 is 0 Å². The van der Waals surface area contributed by atoms with E-state index in [0.29, 0.717) is 5.88 Å². The minimum Gasteiger partial charge on any atom is -0.497 e. The van der Waals surface area contributed by atoms with Gasteiger partial charge in [-0.2, -0.15) is 0 Å². The summed E-state index contributed by atoms with van der Waals surface area (Å²) in [5.74, 6) is 2.50. The molecule has 1 unspecified atom stereocenters. The second-order valence-corrected chi connectivity index (χ2v) is 3.47. The van der Waals surface area contributed by atoms with Crippen LogP contribution >= 0.6 is 11.6 Å². The normalized spacial score (nSPS) is 12.3. The zero-order valence-electron chi connectivity index (χ0n) is 8.71. The number of alkyl halides is 1. The highest BCUT2D eigenvalue weighted by molar-refractivity contribution is 6.18. The van der Waals surface area contributed by atoms with E-state index in [1.807, 2.05) is 18.2 Å². The van der Waals surface area contributed by atoms with Crippen LogP contribution in [0.3, 0.4) is 0 Å². The summed E-state index contributed by atoms with van der Waals surface area (Å²) >= 11 is 5.80. The second kappa shape index (κ2) is 5.11. The zero-order chi connectivity index (χ0) is 10.6. The molecule has 0 fully saturated rings. The van der Waals surface area contributed by atoms with Crippen molar-refractivity contribution in [3.8, 4) is 11.5 Å². The van der Waals surface area contributed by atoms with Crippen LogP contribution in [0.15, 0.2) is 18.2 Å². The Morgan fingerprint density at radius 3 is 2.50 bits per heavy atom. The number of methoxy groups -OCH3 is 2. The molecule has 0 radical (unpaired) electrons. The molecule has 0 amide bonds. The van der Waals surface area contributed by atoms with Gasteiger partial charge in [0.15, 0.2) is 0 Å². The van der Waals surface area contributed by atoms with E-state index in [0.717, 1.165) is 17.1 Å². The smallest absolute Gasteiger partial charge is 0.126 e. The predicted molar refractivity (Wildman–Crippen MR) is 58.7 cm³/mol. The third kappa shape index (κ3) is 2.32. The maximum atomic E-state index is 5.80. The van der Waals surface area contributed by atoms with Crippen molar-refractivity contribution >= 4 is 11.6 Å². The van der Waals surface area contributed by atoms with Crippen LogP contribution in [0.5, 0.6) is 11.5 Å². The SMILES string of the molecule is COc1ccc(C(C)CCl)c(OC)c1. The van der Waals surface area contributed by atoms with Gasteiger partial charge in [0.1, 0.15) is 11.5 Å². The van der Waals surface area contributed by atoms with E-state index >= 15 is 0 Å². The Morgan fingerprint density at radius 2 is 2.00 bits per heavy atom. The number of benzene rings is 1. The van der Waals surface area contributed by atoms with Crippen LogP contribution in [-0.2, 0) is 0 Å². The van der Waals surface area contributed by atoms with E-state index in [-0.39, 0.29) is 5.92 Å². The van der Waals surface area contributed by atoms with Crippen LogP contribution in [-0.4, -0.2) is 20.1 Å². The second-order valence-electron chi connectivity index (χ2n) is 3.16. The van der Waals surface area contributed by atoms with Crippen molar-refractivity contribution in [1.82, 2.24) is 0 Å². The van der Waals surface area contributed by atoms with E-state index in [4.69, 9.17) is 21.1 Å². The van der Waals surface area contributed by atoms with Gasteiger partial charge in [-0.15, -0.1) is 11.6 Å². The first-order valence-corrected chi connectivity index (χ1v) is 5.04. The lowest BCUT2D eigenvalue weighted by Gasteiger charge is -2.14. The van der Waals surface area contributed by atoms with Gasteiger partial charge in [-0.05, 0) is 17.5 Å². The Labute approximate surface area is 89.8 Å². The Bertz CT molecular complexity index is 299. The molecule has 0 aromatic heterocycles. The summed E-state index contributed by atoms with van der Waals surface area (Å²) in [4.78, 5) is 0. The molecule has 1 aromatic rings. The van der Waals surface area contributed by atoms with Crippen LogP contribution in [0, 0.1) is 0 Å². The number of hydrogen-bond donors (Lipinski definition) is 0. The molecule has 0 saturated heterocycles. The predicted octanol–water partition coefficient (Wildman–Crippen LogP) is 3.05. The number of hydrogen-bond acceptors (Lipinski definition) is 2. The molecule has 0 N–H and O–H groups in total. The number of ether oxygens (including phenoxy) is 2. The molecule has 0 aliphatic rings. The topological polar surface area (TPSA) is 18.5 Å². The third-order valence-electron chi connectivity index (χ3n) is 2.20. The van der Waals surface area contributed by atoms with Gasteiger partial charge in [0.2, 0.25) is 0 Å². The molecular weight excluding hydrogens is 200 g/mol. The summed E-state index contributed by atoms with van der Waals surface area (Å²) in [5.41, 5.74) is 1.11. The molecule has 1 aromatic carbocycles. The summed E-state index contributed by atoms with van der Waals surface area (Å²) in [7, 11) is 3.29. The molecule has 0 spiro atoms.